The van der Waals surface area contributed by atoms with E-state index in [0.29, 0.717) is 11.7 Å². The number of nitrogens with zero attached hydrogens (tertiary/aromatic N) is 3. The van der Waals surface area contributed by atoms with E-state index < -0.39 is 17.1 Å². The lowest BCUT2D eigenvalue weighted by atomic mass is 9.76. The van der Waals surface area contributed by atoms with Gasteiger partial charge in [-0.15, -0.1) is 5.10 Å². The van der Waals surface area contributed by atoms with Crippen LogP contribution >= 0.6 is 11.6 Å². The number of halogens is 1. The first-order valence-corrected chi connectivity index (χ1v) is 11.0. The van der Waals surface area contributed by atoms with Gasteiger partial charge in [0.25, 0.3) is 0 Å². The van der Waals surface area contributed by atoms with Crippen molar-refractivity contribution < 1.29 is 19.4 Å². The number of esters is 1. The summed E-state index contributed by atoms with van der Waals surface area (Å²) in [6, 6.07) is 4.84. The Kier molecular flexibility index (Phi) is 4.35. The van der Waals surface area contributed by atoms with Crippen LogP contribution in [0.1, 0.15) is 56.8 Å². The van der Waals surface area contributed by atoms with Gasteiger partial charge in [-0.25, -0.2) is 14.5 Å². The number of ether oxygens (including phenoxy) is 2. The fourth-order valence-corrected chi connectivity index (χ4v) is 5.59. The number of pyridine rings is 1. The maximum Gasteiger partial charge on any atom is 0.341 e. The van der Waals surface area contributed by atoms with Gasteiger partial charge in [0.1, 0.15) is 25.2 Å². The first-order valence-electron chi connectivity index (χ1n) is 10.6. The lowest BCUT2D eigenvalue weighted by Gasteiger charge is -2.24. The maximum atomic E-state index is 12.2. The summed E-state index contributed by atoms with van der Waals surface area (Å²) in [4.78, 5) is 16.5. The highest BCUT2D eigenvalue weighted by Crippen LogP contribution is 2.93. The summed E-state index contributed by atoms with van der Waals surface area (Å²) >= 11 is 6.20. The Morgan fingerprint density at radius 2 is 1.90 bits per heavy atom. The van der Waals surface area contributed by atoms with Crippen molar-refractivity contribution in [2.45, 2.75) is 57.6 Å². The quantitative estimate of drug-likeness (QED) is 0.420. The molecule has 2 spiro atoms. The highest BCUT2D eigenvalue weighted by molar-refractivity contribution is 6.32. The molecule has 2 heterocycles. The molecule has 9 heteroatoms. The molecule has 31 heavy (non-hydrogen) atoms. The summed E-state index contributed by atoms with van der Waals surface area (Å²) in [6.45, 7) is 5.34. The molecular weight excluding hydrogens is 417 g/mol. The van der Waals surface area contributed by atoms with Crippen molar-refractivity contribution in [1.29, 1.82) is 0 Å². The molecule has 2 radical (unpaired) electrons. The number of aliphatic hydroxyl groups is 1. The minimum atomic E-state index is -1.35. The summed E-state index contributed by atoms with van der Waals surface area (Å²) in [5.41, 5.74) is -1.25. The number of fused-ring (bicyclic) bond motifs is 1. The predicted octanol–water partition coefficient (Wildman–Crippen LogP) is 3.30. The van der Waals surface area contributed by atoms with Gasteiger partial charge in [0.15, 0.2) is 5.82 Å². The van der Waals surface area contributed by atoms with Gasteiger partial charge in [-0.1, -0.05) is 11.6 Å². The van der Waals surface area contributed by atoms with E-state index in [0.717, 1.165) is 25.7 Å². The van der Waals surface area contributed by atoms with Crippen LogP contribution < -0.4 is 4.74 Å². The van der Waals surface area contributed by atoms with E-state index in [-0.39, 0.29) is 34.1 Å². The Morgan fingerprint density at radius 1 is 1.26 bits per heavy atom. The van der Waals surface area contributed by atoms with Gasteiger partial charge in [0.2, 0.25) is 5.88 Å². The molecule has 3 fully saturated rings. The molecule has 7 nitrogen and oxygen atoms in total. The van der Waals surface area contributed by atoms with E-state index >= 15 is 0 Å². The van der Waals surface area contributed by atoms with E-state index in [9.17, 15) is 9.90 Å². The lowest BCUT2D eigenvalue weighted by Crippen LogP contribution is -2.40. The zero-order valence-electron chi connectivity index (χ0n) is 17.9. The Morgan fingerprint density at radius 3 is 2.45 bits per heavy atom. The fraction of sp³-hybridized carbons (Fsp3) is 0.591. The van der Waals surface area contributed by atoms with Gasteiger partial charge in [-0.2, -0.15) is 0 Å². The van der Waals surface area contributed by atoms with Crippen molar-refractivity contribution in [1.82, 2.24) is 14.8 Å². The predicted molar refractivity (Wildman–Crippen MR) is 115 cm³/mol. The van der Waals surface area contributed by atoms with Crippen LogP contribution in [-0.4, -0.2) is 51.4 Å². The van der Waals surface area contributed by atoms with Crippen molar-refractivity contribution in [3.8, 4) is 11.7 Å². The Hall–Kier alpha value is -2.06. The molecule has 0 aliphatic heterocycles. The number of rotatable bonds is 6. The normalized spacial score (nSPS) is 22.2. The van der Waals surface area contributed by atoms with E-state index in [1.54, 1.807) is 45.2 Å². The second-order valence-electron chi connectivity index (χ2n) is 10.1. The van der Waals surface area contributed by atoms with Crippen LogP contribution in [0.25, 0.3) is 5.82 Å². The molecule has 5 rings (SSSR count). The van der Waals surface area contributed by atoms with Crippen LogP contribution in [-0.2, 0) is 4.74 Å². The number of aromatic nitrogens is 3. The fourth-order valence-electron chi connectivity index (χ4n) is 5.36. The smallest absolute Gasteiger partial charge is 0.341 e. The highest BCUT2D eigenvalue weighted by Gasteiger charge is 2.89. The molecule has 0 amide bonds. The zero-order valence-corrected chi connectivity index (χ0v) is 18.6. The summed E-state index contributed by atoms with van der Waals surface area (Å²) in [5, 5.41) is 15.2. The number of hydrogen-bond donors (Lipinski definition) is 1. The molecule has 2 aromatic heterocycles. The second-order valence-corrected chi connectivity index (χ2v) is 10.5. The van der Waals surface area contributed by atoms with Gasteiger partial charge < -0.3 is 14.6 Å². The van der Waals surface area contributed by atoms with Crippen molar-refractivity contribution in [3.63, 3.8) is 0 Å². The molecule has 3 saturated carbocycles. The van der Waals surface area contributed by atoms with Gasteiger partial charge in [0.05, 0.1) is 11.1 Å². The van der Waals surface area contributed by atoms with Crippen LogP contribution in [0.5, 0.6) is 5.88 Å². The third kappa shape index (κ3) is 3.44. The average Bonchev–Trinajstić information content (AvgIpc) is 3.62. The molecule has 1 N–H and O–H groups in total. The van der Waals surface area contributed by atoms with Crippen LogP contribution in [0, 0.1) is 16.7 Å². The maximum absolute atomic E-state index is 12.2. The molecular formula is C22H25BClN3O4. The molecule has 1 atom stereocenters. The number of hydrogen-bond acceptors (Lipinski definition) is 6. The van der Waals surface area contributed by atoms with Crippen molar-refractivity contribution >= 4 is 25.4 Å². The summed E-state index contributed by atoms with van der Waals surface area (Å²) in [6.07, 6.45) is 6.32. The summed E-state index contributed by atoms with van der Waals surface area (Å²) < 4.78 is 12.5. The monoisotopic (exact) mass is 441 g/mol. The molecule has 3 aliphatic carbocycles. The van der Waals surface area contributed by atoms with Crippen LogP contribution in [0.15, 0.2) is 24.4 Å². The zero-order chi connectivity index (χ0) is 22.2. The summed E-state index contributed by atoms with van der Waals surface area (Å²) in [7, 11) is 6.25. The third-order valence-corrected chi connectivity index (χ3v) is 7.08. The molecule has 1 unspecified atom stereocenters. The van der Waals surface area contributed by atoms with E-state index in [2.05, 4.69) is 10.1 Å². The topological polar surface area (TPSA) is 86.5 Å². The second kappa shape index (κ2) is 6.48. The first-order chi connectivity index (χ1) is 14.5. The molecule has 0 bridgehead atoms. The average molecular weight is 442 g/mol. The largest absolute Gasteiger partial charge is 0.474 e. The molecule has 0 aromatic carbocycles. The van der Waals surface area contributed by atoms with Crippen LogP contribution in [0.2, 0.25) is 5.15 Å². The van der Waals surface area contributed by atoms with Crippen LogP contribution in [0.4, 0.5) is 0 Å². The number of carbonyl (C=O) groups excluding carboxylic acids is 1. The summed E-state index contributed by atoms with van der Waals surface area (Å²) in [5.74, 6) is 0.334. The standard InChI is InChI=1S/C22H25BClN3O4/c1-19(2,3)31-17(28)13-4-5-14(25-16(13)24)27-11-6-15(26-27)30-12-22(23,29)18-20(7-8-20)21(18)9-10-21/h4-6,11,18,29H,7-10,12H2,1-3H3. The Labute approximate surface area is 187 Å². The van der Waals surface area contributed by atoms with Gasteiger partial charge in [-0.05, 0) is 75.3 Å². The Balaban J connectivity index is 1.24. The molecule has 162 valence electrons. The van der Waals surface area contributed by atoms with E-state index in [1.165, 1.54) is 4.68 Å². The highest BCUT2D eigenvalue weighted by atomic mass is 35.5. The number of carbonyl (C=O) groups is 1. The van der Waals surface area contributed by atoms with E-state index in [1.807, 2.05) is 0 Å². The van der Waals surface area contributed by atoms with E-state index in [4.69, 9.17) is 28.9 Å². The minimum absolute atomic E-state index is 0.00997. The van der Waals surface area contributed by atoms with Crippen molar-refractivity contribution in [2.75, 3.05) is 6.61 Å². The van der Waals surface area contributed by atoms with Crippen molar-refractivity contribution in [2.24, 2.45) is 16.7 Å². The molecule has 2 aromatic rings. The van der Waals surface area contributed by atoms with Gasteiger partial charge in [0, 0.05) is 12.3 Å². The van der Waals surface area contributed by atoms with Gasteiger partial charge >= 0.3 is 5.97 Å². The lowest BCUT2D eigenvalue weighted by molar-refractivity contribution is 0.00692. The van der Waals surface area contributed by atoms with Crippen molar-refractivity contribution in [3.05, 3.63) is 35.1 Å². The van der Waals surface area contributed by atoms with Gasteiger partial charge in [-0.3, -0.25) is 0 Å². The molecule has 3 aliphatic rings. The SMILES string of the molecule is [B]C(O)(COc1ccn(-c2ccc(C(=O)OC(C)(C)C)c(Cl)n2)n1)C1C2(CC2)C12CC2. The van der Waals surface area contributed by atoms with Crippen LogP contribution in [0.3, 0.4) is 0 Å². The molecule has 0 saturated heterocycles. The first kappa shape index (κ1) is 20.8. The Bertz CT molecular complexity index is 1040. The third-order valence-electron chi connectivity index (χ3n) is 6.79. The minimum Gasteiger partial charge on any atom is -0.474 e.